The van der Waals surface area contributed by atoms with Crippen molar-refractivity contribution in [2.75, 3.05) is 6.61 Å². The van der Waals surface area contributed by atoms with Crippen molar-refractivity contribution in [3.63, 3.8) is 0 Å². The van der Waals surface area contributed by atoms with Crippen molar-refractivity contribution < 1.29 is 14.3 Å². The summed E-state index contributed by atoms with van der Waals surface area (Å²) in [4.78, 5) is 11.0. The van der Waals surface area contributed by atoms with Gasteiger partial charge in [-0.3, -0.25) is 0 Å². The Morgan fingerprint density at radius 3 is 2.88 bits per heavy atom. The first kappa shape index (κ1) is 13.8. The number of alkyl halides is 1. The van der Waals surface area contributed by atoms with Gasteiger partial charge in [-0.15, -0.1) is 0 Å². The lowest BCUT2D eigenvalue weighted by Gasteiger charge is -2.06. The lowest BCUT2D eigenvalue weighted by atomic mass is 10.1. The Kier molecular flexibility index (Phi) is 5.77. The van der Waals surface area contributed by atoms with Gasteiger partial charge in [0.2, 0.25) is 0 Å². The number of halogens is 1. The lowest BCUT2D eigenvalue weighted by molar-refractivity contribution is -0.137. The Hall–Kier alpha value is -1.29. The maximum atomic E-state index is 11.0. The van der Waals surface area contributed by atoms with E-state index in [4.69, 9.17) is 9.47 Å². The fraction of sp³-hybridized carbons (Fsp3) is 0.308. The molecule has 92 valence electrons. The molecule has 0 heterocycles. The molecular weight excluding hydrogens is 284 g/mol. The van der Waals surface area contributed by atoms with Crippen molar-refractivity contribution >= 4 is 21.9 Å². The highest BCUT2D eigenvalue weighted by Crippen LogP contribution is 2.22. The molecule has 0 radical (unpaired) electrons. The van der Waals surface area contributed by atoms with Crippen LogP contribution in [0.5, 0.6) is 5.75 Å². The standard InChI is InChI=1S/C13H15BrO3/c1-3-16-13(15)6-7-17-12-5-4-10(2)8-11(12)9-14/h4-8H,3,9H2,1-2H3/b7-6+. The summed E-state index contributed by atoms with van der Waals surface area (Å²) in [5.41, 5.74) is 2.21. The van der Waals surface area contributed by atoms with Crippen molar-refractivity contribution in [3.05, 3.63) is 41.7 Å². The SMILES string of the molecule is CCOC(=O)/C=C/Oc1ccc(C)cc1CBr. The van der Waals surface area contributed by atoms with E-state index in [-0.39, 0.29) is 0 Å². The smallest absolute Gasteiger partial charge is 0.333 e. The molecule has 0 saturated heterocycles. The molecule has 0 unspecified atom stereocenters. The van der Waals surface area contributed by atoms with Gasteiger partial charge in [0.25, 0.3) is 0 Å². The van der Waals surface area contributed by atoms with Crippen LogP contribution in [0.2, 0.25) is 0 Å². The highest BCUT2D eigenvalue weighted by Gasteiger charge is 2.02. The number of carbonyl (C=O) groups excluding carboxylic acids is 1. The third-order valence-electron chi connectivity index (χ3n) is 2.05. The van der Waals surface area contributed by atoms with Crippen LogP contribution in [0, 0.1) is 6.92 Å². The van der Waals surface area contributed by atoms with Gasteiger partial charge < -0.3 is 9.47 Å². The summed E-state index contributed by atoms with van der Waals surface area (Å²) < 4.78 is 10.1. The van der Waals surface area contributed by atoms with Crippen molar-refractivity contribution in [2.24, 2.45) is 0 Å². The maximum absolute atomic E-state index is 11.0. The summed E-state index contributed by atoms with van der Waals surface area (Å²) in [5, 5.41) is 0.706. The van der Waals surface area contributed by atoms with Crippen molar-refractivity contribution in [1.82, 2.24) is 0 Å². The highest BCUT2D eigenvalue weighted by molar-refractivity contribution is 9.08. The number of carbonyl (C=O) groups is 1. The topological polar surface area (TPSA) is 35.5 Å². The first-order chi connectivity index (χ1) is 8.17. The summed E-state index contributed by atoms with van der Waals surface area (Å²) in [6.45, 7) is 4.14. The molecule has 0 N–H and O–H groups in total. The van der Waals surface area contributed by atoms with Gasteiger partial charge in [-0.1, -0.05) is 33.6 Å². The quantitative estimate of drug-likeness (QED) is 0.362. The van der Waals surface area contributed by atoms with Crippen molar-refractivity contribution in [3.8, 4) is 5.75 Å². The van der Waals surface area contributed by atoms with Gasteiger partial charge in [-0.2, -0.15) is 0 Å². The van der Waals surface area contributed by atoms with Gasteiger partial charge in [0.1, 0.15) is 5.75 Å². The first-order valence-electron chi connectivity index (χ1n) is 5.32. The molecule has 0 fully saturated rings. The summed E-state index contributed by atoms with van der Waals surface area (Å²) >= 11 is 3.39. The maximum Gasteiger partial charge on any atom is 0.333 e. The Labute approximate surface area is 110 Å². The van der Waals surface area contributed by atoms with E-state index in [1.807, 2.05) is 25.1 Å². The third-order valence-corrected chi connectivity index (χ3v) is 2.65. The predicted molar refractivity (Wildman–Crippen MR) is 70.2 cm³/mol. The zero-order valence-corrected chi connectivity index (χ0v) is 11.5. The zero-order valence-electron chi connectivity index (χ0n) is 9.90. The first-order valence-corrected chi connectivity index (χ1v) is 6.45. The van der Waals surface area contributed by atoms with E-state index in [9.17, 15) is 4.79 Å². The lowest BCUT2D eigenvalue weighted by Crippen LogP contribution is -2.00. The molecule has 17 heavy (non-hydrogen) atoms. The van der Waals surface area contributed by atoms with Crippen LogP contribution < -0.4 is 4.74 Å². The predicted octanol–water partition coefficient (Wildman–Crippen LogP) is 3.35. The zero-order chi connectivity index (χ0) is 12.7. The summed E-state index contributed by atoms with van der Waals surface area (Å²) in [6.07, 6.45) is 2.61. The molecule has 0 aliphatic carbocycles. The molecule has 0 atom stereocenters. The van der Waals surface area contributed by atoms with Crippen LogP contribution in [-0.4, -0.2) is 12.6 Å². The molecule has 4 heteroatoms. The molecule has 0 amide bonds. The monoisotopic (exact) mass is 298 g/mol. The second kappa shape index (κ2) is 7.12. The number of esters is 1. The van der Waals surface area contributed by atoms with Crippen molar-refractivity contribution in [2.45, 2.75) is 19.2 Å². The number of rotatable bonds is 5. The molecule has 0 aliphatic heterocycles. The van der Waals surface area contributed by atoms with Crippen LogP contribution in [-0.2, 0) is 14.9 Å². The van der Waals surface area contributed by atoms with E-state index in [1.165, 1.54) is 17.9 Å². The van der Waals surface area contributed by atoms with E-state index in [2.05, 4.69) is 15.9 Å². The average molecular weight is 299 g/mol. The molecule has 1 aromatic carbocycles. The van der Waals surface area contributed by atoms with Crippen molar-refractivity contribution in [1.29, 1.82) is 0 Å². The van der Waals surface area contributed by atoms with Gasteiger partial charge in [0.15, 0.2) is 0 Å². The van der Waals surface area contributed by atoms with Crippen LogP contribution in [0.4, 0.5) is 0 Å². The highest BCUT2D eigenvalue weighted by atomic mass is 79.9. The molecular formula is C13H15BrO3. The van der Waals surface area contributed by atoms with Crippen LogP contribution in [0.25, 0.3) is 0 Å². The number of ether oxygens (including phenoxy) is 2. The second-order valence-corrected chi connectivity index (χ2v) is 3.98. The second-order valence-electron chi connectivity index (χ2n) is 3.42. The Morgan fingerprint density at radius 2 is 2.24 bits per heavy atom. The summed E-state index contributed by atoms with van der Waals surface area (Å²) in [6, 6.07) is 5.86. The van der Waals surface area contributed by atoms with Gasteiger partial charge in [-0.05, 0) is 19.9 Å². The number of hydrogen-bond donors (Lipinski definition) is 0. The third kappa shape index (κ3) is 4.61. The van der Waals surface area contributed by atoms with Gasteiger partial charge in [0.05, 0.1) is 18.9 Å². The summed E-state index contributed by atoms with van der Waals surface area (Å²) in [7, 11) is 0. The van der Waals surface area contributed by atoms with E-state index in [1.54, 1.807) is 6.92 Å². The van der Waals surface area contributed by atoms with Crippen LogP contribution >= 0.6 is 15.9 Å². The number of hydrogen-bond acceptors (Lipinski definition) is 3. The minimum Gasteiger partial charge on any atom is -0.464 e. The fourth-order valence-electron chi connectivity index (χ4n) is 1.28. The fourth-order valence-corrected chi connectivity index (χ4v) is 1.72. The van der Waals surface area contributed by atoms with Gasteiger partial charge >= 0.3 is 5.97 Å². The van der Waals surface area contributed by atoms with Crippen LogP contribution in [0.15, 0.2) is 30.5 Å². The Morgan fingerprint density at radius 1 is 1.47 bits per heavy atom. The van der Waals surface area contributed by atoms with E-state index < -0.39 is 5.97 Å². The van der Waals surface area contributed by atoms with Gasteiger partial charge in [-0.25, -0.2) is 4.79 Å². The number of aryl methyl sites for hydroxylation is 1. The van der Waals surface area contributed by atoms with E-state index >= 15 is 0 Å². The molecule has 3 nitrogen and oxygen atoms in total. The molecule has 0 spiro atoms. The summed E-state index contributed by atoms with van der Waals surface area (Å²) in [5.74, 6) is 0.327. The average Bonchev–Trinajstić information content (AvgIpc) is 2.31. The minimum atomic E-state index is -0.403. The molecule has 0 saturated carbocycles. The van der Waals surface area contributed by atoms with E-state index in [0.29, 0.717) is 11.9 Å². The van der Waals surface area contributed by atoms with E-state index in [0.717, 1.165) is 11.3 Å². The molecule has 0 aromatic heterocycles. The van der Waals surface area contributed by atoms with Crippen LogP contribution in [0.3, 0.4) is 0 Å². The Balaban J connectivity index is 2.65. The van der Waals surface area contributed by atoms with Crippen LogP contribution in [0.1, 0.15) is 18.1 Å². The molecule has 1 rings (SSSR count). The Bertz CT molecular complexity index is 413. The minimum absolute atomic E-state index is 0.361. The molecule has 0 aliphatic rings. The number of benzene rings is 1. The normalized spacial score (nSPS) is 10.5. The largest absolute Gasteiger partial charge is 0.464 e. The molecule has 1 aromatic rings. The molecule has 0 bridgehead atoms. The van der Waals surface area contributed by atoms with Gasteiger partial charge in [0, 0.05) is 10.9 Å².